The summed E-state index contributed by atoms with van der Waals surface area (Å²) in [6.45, 7) is 1.80. The topological polar surface area (TPSA) is 55.2 Å². The third-order valence-electron chi connectivity index (χ3n) is 2.88. The standard InChI is InChI=1S/C14H12ClFN2O2/c1-9(10-3-2-4-12(16)7-10)17-13-6-5-11(15)8-14(13)18(19)20/h2-9,17H,1H3. The zero-order valence-electron chi connectivity index (χ0n) is 10.6. The van der Waals surface area contributed by atoms with Crippen LogP contribution in [-0.2, 0) is 0 Å². The molecule has 1 unspecified atom stereocenters. The van der Waals surface area contributed by atoms with E-state index in [4.69, 9.17) is 11.6 Å². The lowest BCUT2D eigenvalue weighted by Gasteiger charge is -2.16. The lowest BCUT2D eigenvalue weighted by Crippen LogP contribution is -2.08. The maximum atomic E-state index is 13.2. The first kappa shape index (κ1) is 14.3. The van der Waals surface area contributed by atoms with Crippen molar-refractivity contribution >= 4 is 23.0 Å². The molecule has 0 aromatic heterocycles. The largest absolute Gasteiger partial charge is 0.373 e. The van der Waals surface area contributed by atoms with Crippen LogP contribution in [0.4, 0.5) is 15.8 Å². The molecule has 1 N–H and O–H groups in total. The Balaban J connectivity index is 2.28. The highest BCUT2D eigenvalue weighted by Gasteiger charge is 2.16. The third kappa shape index (κ3) is 3.24. The summed E-state index contributed by atoms with van der Waals surface area (Å²) in [5, 5.41) is 14.3. The van der Waals surface area contributed by atoms with Crippen LogP contribution in [0.25, 0.3) is 0 Å². The molecule has 0 saturated heterocycles. The van der Waals surface area contributed by atoms with Gasteiger partial charge in [0.15, 0.2) is 0 Å². The highest BCUT2D eigenvalue weighted by atomic mass is 35.5. The first-order valence-corrected chi connectivity index (χ1v) is 6.31. The first-order chi connectivity index (χ1) is 9.47. The van der Waals surface area contributed by atoms with E-state index in [1.165, 1.54) is 24.3 Å². The lowest BCUT2D eigenvalue weighted by molar-refractivity contribution is -0.384. The van der Waals surface area contributed by atoms with E-state index >= 15 is 0 Å². The zero-order valence-corrected chi connectivity index (χ0v) is 11.4. The molecule has 2 aromatic rings. The second kappa shape index (κ2) is 5.88. The predicted molar refractivity (Wildman–Crippen MR) is 76.5 cm³/mol. The maximum Gasteiger partial charge on any atom is 0.293 e. The van der Waals surface area contributed by atoms with Crippen molar-refractivity contribution in [2.24, 2.45) is 0 Å². The van der Waals surface area contributed by atoms with E-state index in [9.17, 15) is 14.5 Å². The molecule has 20 heavy (non-hydrogen) atoms. The molecule has 2 aromatic carbocycles. The Morgan fingerprint density at radius 3 is 2.70 bits per heavy atom. The van der Waals surface area contributed by atoms with Crippen LogP contribution >= 0.6 is 11.6 Å². The Hall–Kier alpha value is -2.14. The van der Waals surface area contributed by atoms with Gasteiger partial charge in [0, 0.05) is 17.1 Å². The highest BCUT2D eigenvalue weighted by molar-refractivity contribution is 6.30. The van der Waals surface area contributed by atoms with Gasteiger partial charge >= 0.3 is 0 Å². The number of nitrogens with zero attached hydrogens (tertiary/aromatic N) is 1. The molecule has 2 rings (SSSR count). The second-order valence-electron chi connectivity index (χ2n) is 4.34. The van der Waals surface area contributed by atoms with Crippen molar-refractivity contribution in [1.82, 2.24) is 0 Å². The molecule has 0 saturated carbocycles. The monoisotopic (exact) mass is 294 g/mol. The number of hydrogen-bond donors (Lipinski definition) is 1. The maximum absolute atomic E-state index is 13.2. The molecule has 0 bridgehead atoms. The van der Waals surface area contributed by atoms with Crippen LogP contribution in [0.3, 0.4) is 0 Å². The predicted octanol–water partition coefficient (Wildman–Crippen LogP) is 4.56. The van der Waals surface area contributed by atoms with Gasteiger partial charge in [0.25, 0.3) is 5.69 Å². The number of nitro benzene ring substituents is 1. The minimum Gasteiger partial charge on any atom is -0.373 e. The van der Waals surface area contributed by atoms with Crippen LogP contribution in [0.5, 0.6) is 0 Å². The Kier molecular flexibility index (Phi) is 4.20. The lowest BCUT2D eigenvalue weighted by atomic mass is 10.1. The number of nitrogens with one attached hydrogen (secondary N) is 1. The smallest absolute Gasteiger partial charge is 0.293 e. The van der Waals surface area contributed by atoms with Crippen LogP contribution in [0.2, 0.25) is 5.02 Å². The van der Waals surface area contributed by atoms with E-state index in [0.29, 0.717) is 16.3 Å². The zero-order chi connectivity index (χ0) is 14.7. The summed E-state index contributed by atoms with van der Waals surface area (Å²) in [5.74, 6) is -0.346. The average molecular weight is 295 g/mol. The number of benzene rings is 2. The average Bonchev–Trinajstić information content (AvgIpc) is 2.40. The van der Waals surface area contributed by atoms with Gasteiger partial charge in [-0.25, -0.2) is 4.39 Å². The van der Waals surface area contributed by atoms with Crippen LogP contribution in [0, 0.1) is 15.9 Å². The van der Waals surface area contributed by atoms with E-state index in [-0.39, 0.29) is 17.5 Å². The Morgan fingerprint density at radius 1 is 1.30 bits per heavy atom. The van der Waals surface area contributed by atoms with E-state index in [1.54, 1.807) is 25.1 Å². The van der Waals surface area contributed by atoms with Crippen molar-refractivity contribution in [3.8, 4) is 0 Å². The molecule has 0 aliphatic rings. The van der Waals surface area contributed by atoms with E-state index in [0.717, 1.165) is 0 Å². The van der Waals surface area contributed by atoms with Gasteiger partial charge in [-0.15, -0.1) is 0 Å². The molecule has 0 heterocycles. The summed E-state index contributed by atoms with van der Waals surface area (Å²) in [6, 6.07) is 10.2. The van der Waals surface area contributed by atoms with Crippen molar-refractivity contribution in [2.45, 2.75) is 13.0 Å². The van der Waals surface area contributed by atoms with Gasteiger partial charge in [-0.2, -0.15) is 0 Å². The third-order valence-corrected chi connectivity index (χ3v) is 3.11. The number of halogens is 2. The Bertz CT molecular complexity index is 649. The van der Waals surface area contributed by atoms with Gasteiger partial charge in [-0.3, -0.25) is 10.1 Å². The molecule has 4 nitrogen and oxygen atoms in total. The molecule has 0 radical (unpaired) electrons. The summed E-state index contributed by atoms with van der Waals surface area (Å²) >= 11 is 5.75. The summed E-state index contributed by atoms with van der Waals surface area (Å²) in [4.78, 5) is 10.5. The van der Waals surface area contributed by atoms with Crippen LogP contribution in [0.15, 0.2) is 42.5 Å². The van der Waals surface area contributed by atoms with Gasteiger partial charge in [-0.05, 0) is 36.8 Å². The van der Waals surface area contributed by atoms with Crippen LogP contribution < -0.4 is 5.32 Å². The van der Waals surface area contributed by atoms with Crippen molar-refractivity contribution in [3.63, 3.8) is 0 Å². The normalized spacial score (nSPS) is 11.9. The molecular weight excluding hydrogens is 283 g/mol. The molecule has 104 valence electrons. The molecular formula is C14H12ClFN2O2. The number of rotatable bonds is 4. The minimum atomic E-state index is -0.507. The Morgan fingerprint density at radius 2 is 2.05 bits per heavy atom. The fourth-order valence-electron chi connectivity index (χ4n) is 1.87. The van der Waals surface area contributed by atoms with Crippen molar-refractivity contribution < 1.29 is 9.31 Å². The van der Waals surface area contributed by atoms with Crippen LogP contribution in [-0.4, -0.2) is 4.92 Å². The molecule has 1 atom stereocenters. The molecule has 6 heteroatoms. The van der Waals surface area contributed by atoms with Gasteiger partial charge in [0.05, 0.1) is 4.92 Å². The van der Waals surface area contributed by atoms with E-state index < -0.39 is 4.92 Å². The quantitative estimate of drug-likeness (QED) is 0.664. The van der Waals surface area contributed by atoms with Gasteiger partial charge in [-0.1, -0.05) is 23.7 Å². The van der Waals surface area contributed by atoms with Crippen LogP contribution in [0.1, 0.15) is 18.5 Å². The fourth-order valence-corrected chi connectivity index (χ4v) is 2.04. The summed E-state index contributed by atoms with van der Waals surface area (Å²) in [5.41, 5.74) is 0.936. The molecule has 0 aliphatic heterocycles. The molecule has 0 aliphatic carbocycles. The first-order valence-electron chi connectivity index (χ1n) is 5.93. The van der Waals surface area contributed by atoms with Crippen molar-refractivity contribution in [3.05, 3.63) is 69.0 Å². The SMILES string of the molecule is CC(Nc1ccc(Cl)cc1[N+](=O)[O-])c1cccc(F)c1. The van der Waals surface area contributed by atoms with Gasteiger partial charge in [0.2, 0.25) is 0 Å². The van der Waals surface area contributed by atoms with Gasteiger partial charge < -0.3 is 5.32 Å². The second-order valence-corrected chi connectivity index (χ2v) is 4.78. The van der Waals surface area contributed by atoms with E-state index in [2.05, 4.69) is 5.32 Å². The fraction of sp³-hybridized carbons (Fsp3) is 0.143. The molecule has 0 fully saturated rings. The van der Waals surface area contributed by atoms with Gasteiger partial charge in [0.1, 0.15) is 11.5 Å². The Labute approximate surface area is 120 Å². The summed E-state index contributed by atoms with van der Waals surface area (Å²) in [6.07, 6.45) is 0. The van der Waals surface area contributed by atoms with Crippen molar-refractivity contribution in [1.29, 1.82) is 0 Å². The highest BCUT2D eigenvalue weighted by Crippen LogP contribution is 2.30. The number of anilines is 1. The molecule has 0 spiro atoms. The van der Waals surface area contributed by atoms with Crippen molar-refractivity contribution in [2.75, 3.05) is 5.32 Å². The molecule has 0 amide bonds. The summed E-state index contributed by atoms with van der Waals surface area (Å²) in [7, 11) is 0. The number of nitro groups is 1. The number of hydrogen-bond acceptors (Lipinski definition) is 3. The van der Waals surface area contributed by atoms with E-state index in [1.807, 2.05) is 0 Å². The summed E-state index contributed by atoms with van der Waals surface area (Å²) < 4.78 is 13.2. The minimum absolute atomic E-state index is 0.110.